The Kier molecular flexibility index (Phi) is 2.91. The van der Waals surface area contributed by atoms with E-state index in [4.69, 9.17) is 5.73 Å². The van der Waals surface area contributed by atoms with Gasteiger partial charge in [-0.25, -0.2) is 9.67 Å². The third-order valence-electron chi connectivity index (χ3n) is 1.34. The molecule has 0 saturated carbocycles. The average molecular weight is 199 g/mol. The Hall–Kier alpha value is -1.50. The molecular formula is C6H9N5OS. The van der Waals surface area contributed by atoms with Gasteiger partial charge in [0.1, 0.15) is 17.9 Å². The lowest BCUT2D eigenvalue weighted by atomic mass is 10.6. The molecule has 1 rings (SSSR count). The van der Waals surface area contributed by atoms with Crippen LogP contribution in [-0.4, -0.2) is 32.7 Å². The minimum atomic E-state index is -0.153. The minimum absolute atomic E-state index is 0.117. The van der Waals surface area contributed by atoms with Gasteiger partial charge >= 0.3 is 0 Å². The highest BCUT2D eigenvalue weighted by molar-refractivity contribution is 7.80. The van der Waals surface area contributed by atoms with E-state index >= 15 is 0 Å². The highest BCUT2D eigenvalue weighted by Crippen LogP contribution is 1.89. The third-order valence-corrected chi connectivity index (χ3v) is 1.52. The molecule has 0 aliphatic heterocycles. The van der Waals surface area contributed by atoms with Crippen LogP contribution in [0.4, 0.5) is 0 Å². The van der Waals surface area contributed by atoms with Gasteiger partial charge in [-0.3, -0.25) is 4.79 Å². The fourth-order valence-electron chi connectivity index (χ4n) is 0.710. The smallest absolute Gasteiger partial charge is 0.241 e. The van der Waals surface area contributed by atoms with Crippen molar-refractivity contribution >= 4 is 23.1 Å². The molecule has 0 bridgehead atoms. The first-order valence-electron chi connectivity index (χ1n) is 3.53. The third kappa shape index (κ3) is 2.48. The van der Waals surface area contributed by atoms with Gasteiger partial charge in [-0.05, 0) is 0 Å². The fraction of sp³-hybridized carbons (Fsp3) is 0.333. The lowest BCUT2D eigenvalue weighted by Gasteiger charge is -1.97. The van der Waals surface area contributed by atoms with E-state index < -0.39 is 0 Å². The van der Waals surface area contributed by atoms with Crippen LogP contribution in [0.15, 0.2) is 6.33 Å². The molecule has 0 atom stereocenters. The fourth-order valence-corrected chi connectivity index (χ4v) is 0.803. The SMILES string of the molecule is CNC(=O)Cn1cnc(C(N)=S)n1. The molecule has 1 amide bonds. The van der Waals surface area contributed by atoms with Gasteiger partial charge in [0.15, 0.2) is 0 Å². The Balaban J connectivity index is 2.69. The second kappa shape index (κ2) is 3.94. The van der Waals surface area contributed by atoms with Gasteiger partial charge in [-0.15, -0.1) is 5.10 Å². The highest BCUT2D eigenvalue weighted by Gasteiger charge is 2.05. The number of nitrogens with two attached hydrogens (primary N) is 1. The first kappa shape index (κ1) is 9.59. The molecule has 1 aromatic rings. The standard InChI is InChI=1S/C6H9N5OS/c1-8-4(12)2-11-3-9-6(10-11)5(7)13/h3H,2H2,1H3,(H2,7,13)(H,8,12). The number of carbonyl (C=O) groups is 1. The van der Waals surface area contributed by atoms with Crippen molar-refractivity contribution < 1.29 is 4.79 Å². The Labute approximate surface area is 80.1 Å². The van der Waals surface area contributed by atoms with Crippen LogP contribution < -0.4 is 11.1 Å². The summed E-state index contributed by atoms with van der Waals surface area (Å²) in [4.78, 5) is 14.8. The lowest BCUT2D eigenvalue weighted by Crippen LogP contribution is -2.24. The summed E-state index contributed by atoms with van der Waals surface area (Å²) in [5.74, 6) is 0.123. The number of nitrogens with zero attached hydrogens (tertiary/aromatic N) is 3. The molecule has 7 heteroatoms. The number of nitrogens with one attached hydrogen (secondary N) is 1. The molecule has 0 fully saturated rings. The van der Waals surface area contributed by atoms with Crippen LogP contribution in [0.2, 0.25) is 0 Å². The molecule has 0 saturated heterocycles. The summed E-state index contributed by atoms with van der Waals surface area (Å²) in [5, 5.41) is 6.34. The number of amides is 1. The van der Waals surface area contributed by atoms with Crippen LogP contribution in [0.25, 0.3) is 0 Å². The number of aromatic nitrogens is 3. The minimum Gasteiger partial charge on any atom is -0.387 e. The normalized spacial score (nSPS) is 9.62. The molecule has 0 aromatic carbocycles. The highest BCUT2D eigenvalue weighted by atomic mass is 32.1. The summed E-state index contributed by atoms with van der Waals surface area (Å²) in [6, 6.07) is 0. The topological polar surface area (TPSA) is 85.8 Å². The number of hydrogen-bond acceptors (Lipinski definition) is 4. The second-order valence-corrected chi connectivity index (χ2v) is 2.74. The van der Waals surface area contributed by atoms with Gasteiger partial charge in [0.05, 0.1) is 0 Å². The monoisotopic (exact) mass is 199 g/mol. The van der Waals surface area contributed by atoms with Gasteiger partial charge in [-0.1, -0.05) is 12.2 Å². The molecule has 70 valence electrons. The Bertz CT molecular complexity index is 334. The maximum atomic E-state index is 10.9. The largest absolute Gasteiger partial charge is 0.387 e. The number of hydrogen-bond donors (Lipinski definition) is 2. The van der Waals surface area contributed by atoms with E-state index in [9.17, 15) is 4.79 Å². The average Bonchev–Trinajstić information content (AvgIpc) is 2.52. The van der Waals surface area contributed by atoms with E-state index in [1.54, 1.807) is 7.05 Å². The van der Waals surface area contributed by atoms with Crippen LogP contribution in [0.1, 0.15) is 5.82 Å². The van der Waals surface area contributed by atoms with Crippen molar-refractivity contribution in [2.45, 2.75) is 6.54 Å². The molecule has 3 N–H and O–H groups in total. The van der Waals surface area contributed by atoms with E-state index in [0.29, 0.717) is 0 Å². The first-order chi connectivity index (χ1) is 6.13. The van der Waals surface area contributed by atoms with Crippen molar-refractivity contribution in [3.63, 3.8) is 0 Å². The van der Waals surface area contributed by atoms with E-state index in [-0.39, 0.29) is 23.3 Å². The van der Waals surface area contributed by atoms with Crippen molar-refractivity contribution in [3.8, 4) is 0 Å². The maximum absolute atomic E-state index is 10.9. The molecular weight excluding hydrogens is 190 g/mol. The van der Waals surface area contributed by atoms with Crippen LogP contribution in [0.3, 0.4) is 0 Å². The van der Waals surface area contributed by atoms with Gasteiger partial charge in [-0.2, -0.15) is 0 Å². The first-order valence-corrected chi connectivity index (χ1v) is 3.94. The van der Waals surface area contributed by atoms with Crippen LogP contribution in [0.5, 0.6) is 0 Å². The molecule has 0 spiro atoms. The summed E-state index contributed by atoms with van der Waals surface area (Å²) in [7, 11) is 1.55. The van der Waals surface area contributed by atoms with Crippen molar-refractivity contribution in [2.75, 3.05) is 7.05 Å². The predicted octanol–water partition coefficient (Wildman–Crippen LogP) is -1.34. The molecule has 0 radical (unpaired) electrons. The van der Waals surface area contributed by atoms with E-state index in [1.807, 2.05) is 0 Å². The Morgan fingerprint density at radius 3 is 3.00 bits per heavy atom. The Morgan fingerprint density at radius 1 is 1.85 bits per heavy atom. The lowest BCUT2D eigenvalue weighted by molar-refractivity contribution is -0.121. The maximum Gasteiger partial charge on any atom is 0.241 e. The number of thiocarbonyl (C=S) groups is 1. The molecule has 6 nitrogen and oxygen atoms in total. The quantitative estimate of drug-likeness (QED) is 0.588. The summed E-state index contributed by atoms with van der Waals surface area (Å²) in [5.41, 5.74) is 5.28. The van der Waals surface area contributed by atoms with Crippen molar-refractivity contribution in [3.05, 3.63) is 12.2 Å². The zero-order valence-corrected chi connectivity index (χ0v) is 7.84. The number of likely N-dealkylation sites (N-methyl/N-ethyl adjacent to an activating group) is 1. The molecule has 0 aliphatic carbocycles. The van der Waals surface area contributed by atoms with Crippen molar-refractivity contribution in [2.24, 2.45) is 5.73 Å². The van der Waals surface area contributed by atoms with Gasteiger partial charge in [0, 0.05) is 7.05 Å². The molecule has 0 unspecified atom stereocenters. The molecule has 1 aromatic heterocycles. The molecule has 1 heterocycles. The van der Waals surface area contributed by atoms with E-state index in [2.05, 4.69) is 27.6 Å². The number of carbonyl (C=O) groups excluding carboxylic acids is 1. The van der Waals surface area contributed by atoms with Crippen LogP contribution >= 0.6 is 12.2 Å². The summed E-state index contributed by atoms with van der Waals surface area (Å²) < 4.78 is 1.37. The summed E-state index contributed by atoms with van der Waals surface area (Å²) in [6.45, 7) is 0.117. The molecule has 0 aliphatic rings. The van der Waals surface area contributed by atoms with E-state index in [0.717, 1.165) is 0 Å². The summed E-state index contributed by atoms with van der Waals surface area (Å²) in [6.07, 6.45) is 1.41. The van der Waals surface area contributed by atoms with Gasteiger partial charge < -0.3 is 11.1 Å². The number of rotatable bonds is 3. The van der Waals surface area contributed by atoms with E-state index in [1.165, 1.54) is 11.0 Å². The van der Waals surface area contributed by atoms with Crippen molar-refractivity contribution in [1.29, 1.82) is 0 Å². The zero-order valence-electron chi connectivity index (χ0n) is 7.02. The Morgan fingerprint density at radius 2 is 2.54 bits per heavy atom. The molecule has 13 heavy (non-hydrogen) atoms. The summed E-state index contributed by atoms with van der Waals surface area (Å²) >= 11 is 4.66. The second-order valence-electron chi connectivity index (χ2n) is 2.30. The van der Waals surface area contributed by atoms with Gasteiger partial charge in [0.25, 0.3) is 0 Å². The predicted molar refractivity (Wildman–Crippen MR) is 50.0 cm³/mol. The van der Waals surface area contributed by atoms with Crippen molar-refractivity contribution in [1.82, 2.24) is 20.1 Å². The van der Waals surface area contributed by atoms with Crippen LogP contribution in [-0.2, 0) is 11.3 Å². The zero-order chi connectivity index (χ0) is 9.84. The van der Waals surface area contributed by atoms with Gasteiger partial charge in [0.2, 0.25) is 11.7 Å². The van der Waals surface area contributed by atoms with Crippen LogP contribution in [0, 0.1) is 0 Å².